The molecule has 1 aromatic rings. The lowest BCUT2D eigenvalue weighted by molar-refractivity contribution is 0.0743. The minimum atomic E-state index is -0.518. The molecule has 1 saturated heterocycles. The van der Waals surface area contributed by atoms with Gasteiger partial charge >= 0.3 is 0 Å². The van der Waals surface area contributed by atoms with E-state index in [9.17, 15) is 9.18 Å². The summed E-state index contributed by atoms with van der Waals surface area (Å²) in [4.78, 5) is 14.1. The molecule has 1 heterocycles. The van der Waals surface area contributed by atoms with Crippen molar-refractivity contribution in [2.24, 2.45) is 11.7 Å². The first-order valence-electron chi connectivity index (χ1n) is 6.41. The molecular weight excluding hydrogens is 283 g/mol. The molecule has 0 saturated carbocycles. The molecule has 1 aromatic carbocycles. The monoisotopic (exact) mass is 302 g/mol. The maximum Gasteiger partial charge on any atom is 0.254 e. The number of methoxy groups -OCH3 is 1. The average Bonchev–Trinajstić information content (AvgIpc) is 2.79. The molecule has 0 bridgehead atoms. The van der Waals surface area contributed by atoms with Gasteiger partial charge in [-0.05, 0) is 44.0 Å². The van der Waals surface area contributed by atoms with Crippen molar-refractivity contribution < 1.29 is 13.9 Å². The molecule has 1 aliphatic rings. The van der Waals surface area contributed by atoms with Gasteiger partial charge < -0.3 is 15.4 Å². The highest BCUT2D eigenvalue weighted by molar-refractivity contribution is 5.94. The number of benzene rings is 1. The van der Waals surface area contributed by atoms with Gasteiger partial charge in [-0.25, -0.2) is 4.39 Å². The molecule has 4 nitrogen and oxygen atoms in total. The van der Waals surface area contributed by atoms with Crippen molar-refractivity contribution in [3.8, 4) is 5.75 Å². The first-order valence-corrected chi connectivity index (χ1v) is 6.41. The van der Waals surface area contributed by atoms with Gasteiger partial charge in [-0.3, -0.25) is 4.79 Å². The van der Waals surface area contributed by atoms with Crippen molar-refractivity contribution in [1.82, 2.24) is 4.90 Å². The predicted octanol–water partition coefficient (Wildman–Crippen LogP) is 2.07. The van der Waals surface area contributed by atoms with E-state index >= 15 is 0 Å². The summed E-state index contributed by atoms with van der Waals surface area (Å²) in [5.41, 5.74) is 5.99. The summed E-state index contributed by atoms with van der Waals surface area (Å²) in [6, 6.07) is 4.44. The van der Waals surface area contributed by atoms with Gasteiger partial charge in [0.25, 0.3) is 5.91 Å². The van der Waals surface area contributed by atoms with Crippen LogP contribution in [0.2, 0.25) is 0 Å². The Bertz CT molecular complexity index is 484. The molecule has 2 unspecified atom stereocenters. The Morgan fingerprint density at radius 2 is 2.25 bits per heavy atom. The van der Waals surface area contributed by atoms with E-state index in [2.05, 4.69) is 0 Å². The van der Waals surface area contributed by atoms with E-state index in [1.54, 1.807) is 11.0 Å². The minimum absolute atomic E-state index is 0. The summed E-state index contributed by atoms with van der Waals surface area (Å²) in [5, 5.41) is 0. The zero-order chi connectivity index (χ0) is 14.0. The van der Waals surface area contributed by atoms with Gasteiger partial charge in [0.05, 0.1) is 7.11 Å². The van der Waals surface area contributed by atoms with Crippen LogP contribution in [0.25, 0.3) is 0 Å². The maximum atomic E-state index is 13.6. The highest BCUT2D eigenvalue weighted by Gasteiger charge is 2.32. The van der Waals surface area contributed by atoms with Gasteiger partial charge in [0.1, 0.15) is 0 Å². The summed E-state index contributed by atoms with van der Waals surface area (Å²) in [5.74, 6) is -0.187. The molecule has 0 radical (unpaired) electrons. The first-order chi connectivity index (χ1) is 9.06. The molecular formula is C14H20ClFN2O2. The topological polar surface area (TPSA) is 55.6 Å². The zero-order valence-corrected chi connectivity index (χ0v) is 12.5. The Balaban J connectivity index is 0.00000200. The van der Waals surface area contributed by atoms with Crippen LogP contribution in [-0.4, -0.2) is 37.0 Å². The van der Waals surface area contributed by atoms with E-state index in [4.69, 9.17) is 10.5 Å². The van der Waals surface area contributed by atoms with Crippen LogP contribution in [0.4, 0.5) is 4.39 Å². The van der Waals surface area contributed by atoms with Crippen LogP contribution in [-0.2, 0) is 0 Å². The average molecular weight is 303 g/mol. The third kappa shape index (κ3) is 3.22. The molecule has 0 spiro atoms. The lowest BCUT2D eigenvalue weighted by Crippen LogP contribution is -2.34. The van der Waals surface area contributed by atoms with Crippen molar-refractivity contribution in [3.63, 3.8) is 0 Å². The molecule has 2 rings (SSSR count). The molecule has 1 aliphatic heterocycles. The van der Waals surface area contributed by atoms with Crippen molar-refractivity contribution in [1.29, 1.82) is 0 Å². The fourth-order valence-corrected chi connectivity index (χ4v) is 2.56. The number of hydrogen-bond donors (Lipinski definition) is 1. The molecule has 2 N–H and O–H groups in total. The molecule has 1 amide bonds. The first kappa shape index (κ1) is 16.7. The molecule has 0 aliphatic carbocycles. The second kappa shape index (κ2) is 6.90. The summed E-state index contributed by atoms with van der Waals surface area (Å²) in [6.07, 6.45) is 0.904. The number of likely N-dealkylation sites (tertiary alicyclic amines) is 1. The van der Waals surface area contributed by atoms with Gasteiger partial charge in [-0.15, -0.1) is 12.4 Å². The number of hydrogen-bond acceptors (Lipinski definition) is 3. The zero-order valence-electron chi connectivity index (χ0n) is 11.6. The molecule has 1 fully saturated rings. The summed E-state index contributed by atoms with van der Waals surface area (Å²) in [6.45, 7) is 3.21. The van der Waals surface area contributed by atoms with E-state index in [1.807, 2.05) is 6.92 Å². The molecule has 0 aromatic heterocycles. The van der Waals surface area contributed by atoms with Crippen LogP contribution < -0.4 is 10.5 Å². The van der Waals surface area contributed by atoms with Gasteiger partial charge in [0, 0.05) is 18.2 Å². The normalized spacial score (nSPS) is 21.5. The molecule has 20 heavy (non-hydrogen) atoms. The number of halogens is 2. The highest BCUT2D eigenvalue weighted by Crippen LogP contribution is 2.25. The van der Waals surface area contributed by atoms with E-state index < -0.39 is 5.82 Å². The molecule has 112 valence electrons. The summed E-state index contributed by atoms with van der Waals surface area (Å²) >= 11 is 0. The fourth-order valence-electron chi connectivity index (χ4n) is 2.56. The number of carbonyl (C=O) groups excluding carboxylic acids is 1. The Morgan fingerprint density at radius 3 is 2.75 bits per heavy atom. The van der Waals surface area contributed by atoms with Gasteiger partial charge in [0.15, 0.2) is 11.6 Å². The largest absolute Gasteiger partial charge is 0.494 e. The fraction of sp³-hybridized carbons (Fsp3) is 0.500. The number of nitrogens with zero attached hydrogens (tertiary/aromatic N) is 1. The van der Waals surface area contributed by atoms with Crippen LogP contribution >= 0.6 is 12.4 Å². The van der Waals surface area contributed by atoms with E-state index in [1.165, 1.54) is 19.2 Å². The smallest absolute Gasteiger partial charge is 0.254 e. The van der Waals surface area contributed by atoms with Gasteiger partial charge in [-0.1, -0.05) is 0 Å². The Labute approximate surface area is 124 Å². The van der Waals surface area contributed by atoms with Gasteiger partial charge in [-0.2, -0.15) is 0 Å². The van der Waals surface area contributed by atoms with Crippen LogP contribution in [0.3, 0.4) is 0 Å². The molecule has 6 heteroatoms. The lowest BCUT2D eigenvalue weighted by atomic mass is 10.1. The van der Waals surface area contributed by atoms with Crippen LogP contribution in [0.15, 0.2) is 18.2 Å². The van der Waals surface area contributed by atoms with Crippen molar-refractivity contribution >= 4 is 18.3 Å². The number of ether oxygens (including phenoxy) is 1. The van der Waals surface area contributed by atoms with Crippen molar-refractivity contribution in [3.05, 3.63) is 29.6 Å². The van der Waals surface area contributed by atoms with Crippen LogP contribution in [0, 0.1) is 11.7 Å². The van der Waals surface area contributed by atoms with E-state index in [-0.39, 0.29) is 30.1 Å². The third-order valence-corrected chi connectivity index (χ3v) is 3.65. The second-order valence-electron chi connectivity index (χ2n) is 4.99. The summed E-state index contributed by atoms with van der Waals surface area (Å²) in [7, 11) is 1.40. The lowest BCUT2D eigenvalue weighted by Gasteiger charge is -2.21. The number of rotatable bonds is 3. The van der Waals surface area contributed by atoms with E-state index in [0.717, 1.165) is 6.42 Å². The minimum Gasteiger partial charge on any atom is -0.494 e. The summed E-state index contributed by atoms with van der Waals surface area (Å²) < 4.78 is 18.5. The van der Waals surface area contributed by atoms with Gasteiger partial charge in [0.2, 0.25) is 0 Å². The SMILES string of the molecule is COc1ccc(C(=O)N2CC(CN)CC2C)cc1F.Cl. The van der Waals surface area contributed by atoms with Crippen molar-refractivity contribution in [2.45, 2.75) is 19.4 Å². The number of amides is 1. The molecule has 2 atom stereocenters. The Kier molecular flexibility index (Phi) is 5.77. The Morgan fingerprint density at radius 1 is 1.55 bits per heavy atom. The second-order valence-corrected chi connectivity index (χ2v) is 4.99. The van der Waals surface area contributed by atoms with Crippen LogP contribution in [0.5, 0.6) is 5.75 Å². The maximum absolute atomic E-state index is 13.6. The van der Waals surface area contributed by atoms with Crippen LogP contribution in [0.1, 0.15) is 23.7 Å². The number of carbonyl (C=O) groups is 1. The van der Waals surface area contributed by atoms with E-state index in [0.29, 0.717) is 24.6 Å². The van der Waals surface area contributed by atoms with Crippen molar-refractivity contribution in [2.75, 3.05) is 20.2 Å². The predicted molar refractivity (Wildman–Crippen MR) is 77.9 cm³/mol. The Hall–Kier alpha value is -1.33. The quantitative estimate of drug-likeness (QED) is 0.930. The highest BCUT2D eigenvalue weighted by atomic mass is 35.5. The number of nitrogens with two attached hydrogens (primary N) is 1. The standard InChI is InChI=1S/C14H19FN2O2.ClH/c1-9-5-10(7-16)8-17(9)14(18)11-3-4-13(19-2)12(15)6-11;/h3-4,6,9-10H,5,7-8,16H2,1-2H3;1H. The third-order valence-electron chi connectivity index (χ3n) is 3.65.